The molecule has 7 nitrogen and oxygen atoms in total. The lowest BCUT2D eigenvalue weighted by atomic mass is 10.1. The van der Waals surface area contributed by atoms with Crippen molar-refractivity contribution in [3.05, 3.63) is 40.7 Å². The van der Waals surface area contributed by atoms with Gasteiger partial charge in [-0.05, 0) is 19.3 Å². The van der Waals surface area contributed by atoms with Crippen LogP contribution in [0.15, 0.2) is 29.6 Å². The molecule has 1 unspecified atom stereocenters. The van der Waals surface area contributed by atoms with Gasteiger partial charge in [-0.1, -0.05) is 6.92 Å². The number of aromatic amines is 1. The molecule has 0 aliphatic carbocycles. The van der Waals surface area contributed by atoms with Crippen LogP contribution in [0.1, 0.15) is 31.7 Å². The minimum Gasteiger partial charge on any atom is -0.350 e. The number of anilines is 1. The van der Waals surface area contributed by atoms with Crippen molar-refractivity contribution in [2.45, 2.75) is 45.3 Å². The van der Waals surface area contributed by atoms with Gasteiger partial charge < -0.3 is 15.2 Å². The number of aryl methyl sites for hydroxylation is 1. The zero-order valence-corrected chi connectivity index (χ0v) is 13.5. The van der Waals surface area contributed by atoms with Crippen LogP contribution in [0.4, 0.5) is 5.82 Å². The van der Waals surface area contributed by atoms with Crippen LogP contribution in [0.3, 0.4) is 0 Å². The minimum atomic E-state index is -0.117. The summed E-state index contributed by atoms with van der Waals surface area (Å²) in [5.41, 5.74) is 1.08. The first-order chi connectivity index (χ1) is 11.3. The van der Waals surface area contributed by atoms with Gasteiger partial charge in [-0.15, -0.1) is 0 Å². The van der Waals surface area contributed by atoms with Crippen LogP contribution in [0.2, 0.25) is 0 Å². The van der Waals surface area contributed by atoms with Gasteiger partial charge in [0.15, 0.2) is 5.82 Å². The van der Waals surface area contributed by atoms with E-state index < -0.39 is 0 Å². The highest BCUT2D eigenvalue weighted by Crippen LogP contribution is 2.14. The highest BCUT2D eigenvalue weighted by Gasteiger charge is 2.22. The van der Waals surface area contributed by atoms with Gasteiger partial charge in [0.2, 0.25) is 0 Å². The third kappa shape index (κ3) is 3.98. The van der Waals surface area contributed by atoms with Crippen molar-refractivity contribution in [1.29, 1.82) is 0 Å². The van der Waals surface area contributed by atoms with Gasteiger partial charge in [0, 0.05) is 56.4 Å². The number of piperidine rings is 1. The number of rotatable bonds is 6. The molecule has 3 heterocycles. The Labute approximate surface area is 135 Å². The van der Waals surface area contributed by atoms with Crippen LogP contribution < -0.4 is 15.8 Å². The van der Waals surface area contributed by atoms with E-state index in [9.17, 15) is 4.79 Å². The molecule has 0 spiro atoms. The summed E-state index contributed by atoms with van der Waals surface area (Å²) >= 11 is 0. The zero-order chi connectivity index (χ0) is 16.1. The van der Waals surface area contributed by atoms with Gasteiger partial charge >= 0.3 is 0 Å². The smallest absolute Gasteiger partial charge is 0.290 e. The van der Waals surface area contributed by atoms with Gasteiger partial charge in [0.1, 0.15) is 0 Å². The summed E-state index contributed by atoms with van der Waals surface area (Å²) in [6.07, 6.45) is 10.5. The molecule has 2 aromatic heterocycles. The second-order valence-corrected chi connectivity index (χ2v) is 6.02. The van der Waals surface area contributed by atoms with Crippen molar-refractivity contribution in [2.75, 3.05) is 18.0 Å². The summed E-state index contributed by atoms with van der Waals surface area (Å²) in [5.74, 6) is 0.523. The van der Waals surface area contributed by atoms with E-state index in [2.05, 4.69) is 38.4 Å². The number of hydrogen-bond donors (Lipinski definition) is 2. The highest BCUT2D eigenvalue weighted by molar-refractivity contribution is 5.36. The Bertz CT molecular complexity index is 679. The second-order valence-electron chi connectivity index (χ2n) is 6.02. The Morgan fingerprint density at radius 1 is 1.48 bits per heavy atom. The Morgan fingerprint density at radius 2 is 2.39 bits per heavy atom. The third-order valence-corrected chi connectivity index (χ3v) is 4.14. The van der Waals surface area contributed by atoms with Crippen LogP contribution in [0.5, 0.6) is 0 Å². The van der Waals surface area contributed by atoms with Crippen molar-refractivity contribution in [3.8, 4) is 0 Å². The Kier molecular flexibility index (Phi) is 5.07. The van der Waals surface area contributed by atoms with Gasteiger partial charge in [0.25, 0.3) is 5.56 Å². The normalized spacial score (nSPS) is 18.3. The summed E-state index contributed by atoms with van der Waals surface area (Å²) in [7, 11) is 0. The van der Waals surface area contributed by atoms with Crippen LogP contribution in [0.25, 0.3) is 0 Å². The first-order valence-electron chi connectivity index (χ1n) is 8.29. The SMILES string of the molecule is CCCn1cc(CNC2CCCN(c3ncc[nH]c3=O)C2)cn1. The van der Waals surface area contributed by atoms with Crippen molar-refractivity contribution in [1.82, 2.24) is 25.1 Å². The standard InChI is InChI=1S/C16H24N6O/c1-2-7-22-11-13(10-20-22)9-19-14-4-3-8-21(12-14)15-16(23)18-6-5-17-15/h5-6,10-11,14,19H,2-4,7-9,12H2,1H3,(H,18,23). The molecule has 124 valence electrons. The van der Waals surface area contributed by atoms with Crippen LogP contribution >= 0.6 is 0 Å². The van der Waals surface area contributed by atoms with Crippen LogP contribution in [-0.2, 0) is 13.1 Å². The average Bonchev–Trinajstić information content (AvgIpc) is 3.02. The molecule has 2 N–H and O–H groups in total. The fourth-order valence-corrected chi connectivity index (χ4v) is 3.02. The minimum absolute atomic E-state index is 0.117. The van der Waals surface area contributed by atoms with E-state index in [1.165, 1.54) is 5.56 Å². The van der Waals surface area contributed by atoms with Gasteiger partial charge in [0.05, 0.1) is 6.20 Å². The molecule has 23 heavy (non-hydrogen) atoms. The molecule has 1 saturated heterocycles. The molecule has 0 amide bonds. The summed E-state index contributed by atoms with van der Waals surface area (Å²) < 4.78 is 1.98. The largest absolute Gasteiger partial charge is 0.350 e. The fourth-order valence-electron chi connectivity index (χ4n) is 3.02. The molecular formula is C16H24N6O. The number of H-pyrrole nitrogens is 1. The lowest BCUT2D eigenvalue weighted by Gasteiger charge is -2.33. The Balaban J connectivity index is 1.56. The molecule has 0 bridgehead atoms. The molecule has 2 aromatic rings. The first-order valence-corrected chi connectivity index (χ1v) is 8.29. The monoisotopic (exact) mass is 316 g/mol. The first kappa shape index (κ1) is 15.7. The molecule has 0 radical (unpaired) electrons. The summed E-state index contributed by atoms with van der Waals surface area (Å²) in [6, 6.07) is 0.361. The van der Waals surface area contributed by atoms with Crippen LogP contribution in [0, 0.1) is 0 Å². The van der Waals surface area contributed by atoms with Crippen molar-refractivity contribution < 1.29 is 0 Å². The topological polar surface area (TPSA) is 78.8 Å². The molecule has 0 saturated carbocycles. The Morgan fingerprint density at radius 3 is 3.22 bits per heavy atom. The molecule has 3 rings (SSSR count). The summed E-state index contributed by atoms with van der Waals surface area (Å²) in [4.78, 5) is 20.9. The quantitative estimate of drug-likeness (QED) is 0.835. The van der Waals surface area contributed by atoms with E-state index in [0.29, 0.717) is 11.9 Å². The lowest BCUT2D eigenvalue weighted by molar-refractivity contribution is 0.419. The number of aromatic nitrogens is 4. The van der Waals surface area contributed by atoms with Crippen molar-refractivity contribution >= 4 is 5.82 Å². The maximum atomic E-state index is 11.9. The van der Waals surface area contributed by atoms with Crippen molar-refractivity contribution in [2.24, 2.45) is 0 Å². The maximum Gasteiger partial charge on any atom is 0.290 e. The molecule has 1 aliphatic heterocycles. The van der Waals surface area contributed by atoms with Crippen molar-refractivity contribution in [3.63, 3.8) is 0 Å². The number of nitrogens with zero attached hydrogens (tertiary/aromatic N) is 4. The lowest BCUT2D eigenvalue weighted by Crippen LogP contribution is -2.47. The van der Waals surface area contributed by atoms with E-state index >= 15 is 0 Å². The van der Waals surface area contributed by atoms with E-state index in [-0.39, 0.29) is 5.56 Å². The molecule has 1 atom stereocenters. The fraction of sp³-hybridized carbons (Fsp3) is 0.562. The molecule has 1 fully saturated rings. The summed E-state index contributed by atoms with van der Waals surface area (Å²) in [6.45, 7) is 5.60. The predicted octanol–water partition coefficient (Wildman–Crippen LogP) is 1.13. The van der Waals surface area contributed by atoms with Gasteiger partial charge in [-0.3, -0.25) is 9.48 Å². The van der Waals surface area contributed by atoms with E-state index in [4.69, 9.17) is 0 Å². The van der Waals surface area contributed by atoms with Gasteiger partial charge in [-0.2, -0.15) is 5.10 Å². The maximum absolute atomic E-state index is 11.9. The highest BCUT2D eigenvalue weighted by atomic mass is 16.1. The molecule has 0 aromatic carbocycles. The van der Waals surface area contributed by atoms with E-state index in [1.54, 1.807) is 12.4 Å². The third-order valence-electron chi connectivity index (χ3n) is 4.14. The average molecular weight is 316 g/mol. The molecule has 1 aliphatic rings. The van der Waals surface area contributed by atoms with E-state index in [0.717, 1.165) is 45.4 Å². The molecular weight excluding hydrogens is 292 g/mol. The zero-order valence-electron chi connectivity index (χ0n) is 13.5. The number of nitrogens with one attached hydrogen (secondary N) is 2. The molecule has 7 heteroatoms. The van der Waals surface area contributed by atoms with Crippen LogP contribution in [-0.4, -0.2) is 38.9 Å². The number of hydrogen-bond acceptors (Lipinski definition) is 5. The Hall–Kier alpha value is -2.15. The second kappa shape index (κ2) is 7.41. The predicted molar refractivity (Wildman–Crippen MR) is 89.5 cm³/mol. The summed E-state index contributed by atoms with van der Waals surface area (Å²) in [5, 5.41) is 7.93. The van der Waals surface area contributed by atoms with Gasteiger partial charge in [-0.25, -0.2) is 4.98 Å². The van der Waals surface area contributed by atoms with E-state index in [1.807, 2.05) is 10.9 Å².